The fraction of sp³-hybridized carbons (Fsp3) is 0.150. The van der Waals surface area contributed by atoms with Crippen LogP contribution in [0.1, 0.15) is 12.8 Å². The highest BCUT2D eigenvalue weighted by molar-refractivity contribution is 5.92. The zero-order valence-corrected chi connectivity index (χ0v) is 13.5. The lowest BCUT2D eigenvalue weighted by Crippen LogP contribution is -2.14. The van der Waals surface area contributed by atoms with E-state index in [1.54, 1.807) is 4.52 Å². The number of pyridine rings is 1. The number of hydrogen-bond acceptors (Lipinski definition) is 3. The van der Waals surface area contributed by atoms with Crippen LogP contribution in [0, 0.1) is 5.92 Å². The van der Waals surface area contributed by atoms with Gasteiger partial charge in [0.05, 0.1) is 5.69 Å². The van der Waals surface area contributed by atoms with Crippen molar-refractivity contribution in [3.8, 4) is 11.3 Å². The Morgan fingerprint density at radius 3 is 2.68 bits per heavy atom. The Kier molecular flexibility index (Phi) is 3.06. The van der Waals surface area contributed by atoms with Crippen LogP contribution in [0.3, 0.4) is 0 Å². The Bertz CT molecular complexity index is 1110. The molecule has 0 spiro atoms. The average Bonchev–Trinajstić information content (AvgIpc) is 3.41. The molecule has 25 heavy (non-hydrogen) atoms. The van der Waals surface area contributed by atoms with E-state index in [9.17, 15) is 4.79 Å². The van der Waals surface area contributed by atoms with Gasteiger partial charge in [-0.3, -0.25) is 10.1 Å². The van der Waals surface area contributed by atoms with Crippen molar-refractivity contribution in [3.05, 3.63) is 60.7 Å². The summed E-state index contributed by atoms with van der Waals surface area (Å²) in [6.45, 7) is 0. The molecule has 1 N–H and O–H groups in total. The van der Waals surface area contributed by atoms with Crippen molar-refractivity contribution in [2.24, 2.45) is 5.92 Å². The molecule has 5 nitrogen and oxygen atoms in total. The van der Waals surface area contributed by atoms with E-state index in [0.717, 1.165) is 29.7 Å². The fourth-order valence-corrected chi connectivity index (χ4v) is 3.08. The molecule has 122 valence electrons. The molecule has 2 heterocycles. The van der Waals surface area contributed by atoms with Crippen LogP contribution in [0.5, 0.6) is 0 Å². The highest BCUT2D eigenvalue weighted by Crippen LogP contribution is 2.30. The number of carbonyl (C=O) groups excluding carboxylic acids is 1. The molecule has 0 aliphatic heterocycles. The standard InChI is InChI=1S/C20H16N4O/c25-19(14-9-10-14)22-20-21-18-7-3-6-17(24(18)23-20)16-11-8-13-4-1-2-5-15(13)12-16/h1-8,11-12,14H,9-10H2,(H,22,23,25). The maximum atomic E-state index is 12.0. The molecule has 5 rings (SSSR count). The minimum absolute atomic E-state index is 0.0168. The zero-order valence-electron chi connectivity index (χ0n) is 13.5. The van der Waals surface area contributed by atoms with Crippen molar-refractivity contribution in [1.82, 2.24) is 14.6 Å². The molecule has 0 radical (unpaired) electrons. The number of fused-ring (bicyclic) bond motifs is 2. The summed E-state index contributed by atoms with van der Waals surface area (Å²) >= 11 is 0. The number of aromatic nitrogens is 3. The van der Waals surface area contributed by atoms with Crippen LogP contribution in [-0.4, -0.2) is 20.5 Å². The van der Waals surface area contributed by atoms with Gasteiger partial charge in [-0.15, -0.1) is 5.10 Å². The van der Waals surface area contributed by atoms with Gasteiger partial charge in [0.2, 0.25) is 11.9 Å². The highest BCUT2D eigenvalue weighted by atomic mass is 16.2. The molecule has 2 aromatic heterocycles. The topological polar surface area (TPSA) is 59.3 Å². The summed E-state index contributed by atoms with van der Waals surface area (Å²) in [5.41, 5.74) is 2.73. The summed E-state index contributed by atoms with van der Waals surface area (Å²) < 4.78 is 1.78. The monoisotopic (exact) mass is 328 g/mol. The van der Waals surface area contributed by atoms with Gasteiger partial charge in [0.1, 0.15) is 0 Å². The molecule has 1 aliphatic rings. The van der Waals surface area contributed by atoms with E-state index in [1.165, 1.54) is 10.8 Å². The second-order valence-electron chi connectivity index (χ2n) is 6.44. The third kappa shape index (κ3) is 2.54. The lowest BCUT2D eigenvalue weighted by Gasteiger charge is -2.06. The summed E-state index contributed by atoms with van der Waals surface area (Å²) in [6, 6.07) is 20.5. The lowest BCUT2D eigenvalue weighted by atomic mass is 10.0. The van der Waals surface area contributed by atoms with Crippen LogP contribution in [0.25, 0.3) is 27.7 Å². The summed E-state index contributed by atoms with van der Waals surface area (Å²) in [6.07, 6.45) is 1.92. The first-order valence-electron chi connectivity index (χ1n) is 8.44. The predicted molar refractivity (Wildman–Crippen MR) is 97.3 cm³/mol. The van der Waals surface area contributed by atoms with Crippen molar-refractivity contribution < 1.29 is 4.79 Å². The third-order valence-electron chi connectivity index (χ3n) is 4.59. The van der Waals surface area contributed by atoms with E-state index in [0.29, 0.717) is 5.95 Å². The first-order chi connectivity index (χ1) is 12.3. The van der Waals surface area contributed by atoms with Crippen LogP contribution >= 0.6 is 0 Å². The third-order valence-corrected chi connectivity index (χ3v) is 4.59. The Hall–Kier alpha value is -3.21. The quantitative estimate of drug-likeness (QED) is 0.620. The minimum Gasteiger partial charge on any atom is -0.293 e. The number of nitrogens with one attached hydrogen (secondary N) is 1. The van der Waals surface area contributed by atoms with Crippen molar-refractivity contribution in [1.29, 1.82) is 0 Å². The largest absolute Gasteiger partial charge is 0.293 e. The fourth-order valence-electron chi connectivity index (χ4n) is 3.08. The number of anilines is 1. The van der Waals surface area contributed by atoms with E-state index in [2.05, 4.69) is 45.7 Å². The number of amides is 1. The molecule has 1 aliphatic carbocycles. The Labute approximate surface area is 144 Å². The van der Waals surface area contributed by atoms with E-state index in [4.69, 9.17) is 0 Å². The minimum atomic E-state index is 0.0168. The van der Waals surface area contributed by atoms with Crippen LogP contribution in [0.2, 0.25) is 0 Å². The summed E-state index contributed by atoms with van der Waals surface area (Å²) in [5.74, 6) is 0.514. The van der Waals surface area contributed by atoms with Crippen LogP contribution in [0.15, 0.2) is 60.7 Å². The van der Waals surface area contributed by atoms with Gasteiger partial charge in [-0.05, 0) is 41.8 Å². The molecular formula is C20H16N4O. The maximum Gasteiger partial charge on any atom is 0.249 e. The summed E-state index contributed by atoms with van der Waals surface area (Å²) in [4.78, 5) is 16.4. The van der Waals surface area contributed by atoms with Crippen molar-refractivity contribution in [3.63, 3.8) is 0 Å². The van der Waals surface area contributed by atoms with Gasteiger partial charge in [0.25, 0.3) is 0 Å². The predicted octanol–water partition coefficient (Wildman–Crippen LogP) is 3.90. The van der Waals surface area contributed by atoms with Crippen LogP contribution in [-0.2, 0) is 4.79 Å². The van der Waals surface area contributed by atoms with Gasteiger partial charge in [0, 0.05) is 11.5 Å². The second-order valence-corrected chi connectivity index (χ2v) is 6.44. The normalized spacial score (nSPS) is 14.1. The van der Waals surface area contributed by atoms with Crippen molar-refractivity contribution in [2.45, 2.75) is 12.8 Å². The Morgan fingerprint density at radius 1 is 1.00 bits per heavy atom. The molecule has 1 fully saturated rings. The molecule has 5 heteroatoms. The number of benzene rings is 2. The number of nitrogens with zero attached hydrogens (tertiary/aromatic N) is 3. The molecule has 1 amide bonds. The molecule has 2 aromatic carbocycles. The zero-order chi connectivity index (χ0) is 16.8. The first kappa shape index (κ1) is 14.2. The second kappa shape index (κ2) is 5.41. The molecule has 0 atom stereocenters. The maximum absolute atomic E-state index is 12.0. The molecule has 0 unspecified atom stereocenters. The molecule has 4 aromatic rings. The van der Waals surface area contributed by atoms with Gasteiger partial charge in [0.15, 0.2) is 5.65 Å². The summed E-state index contributed by atoms with van der Waals surface area (Å²) in [7, 11) is 0. The van der Waals surface area contributed by atoms with Crippen molar-refractivity contribution in [2.75, 3.05) is 5.32 Å². The molecule has 0 bridgehead atoms. The van der Waals surface area contributed by atoms with E-state index >= 15 is 0 Å². The number of rotatable bonds is 3. The highest BCUT2D eigenvalue weighted by Gasteiger charge is 2.30. The van der Waals surface area contributed by atoms with E-state index in [1.807, 2.05) is 30.3 Å². The van der Waals surface area contributed by atoms with Gasteiger partial charge in [-0.25, -0.2) is 4.52 Å². The molecule has 1 saturated carbocycles. The first-order valence-corrected chi connectivity index (χ1v) is 8.44. The van der Waals surface area contributed by atoms with E-state index in [-0.39, 0.29) is 11.8 Å². The number of carbonyl (C=O) groups is 1. The van der Waals surface area contributed by atoms with Gasteiger partial charge in [-0.2, -0.15) is 4.98 Å². The number of hydrogen-bond donors (Lipinski definition) is 1. The SMILES string of the molecule is O=C(Nc1nc2cccc(-c3ccc4ccccc4c3)n2n1)C1CC1. The lowest BCUT2D eigenvalue weighted by molar-refractivity contribution is -0.117. The van der Waals surface area contributed by atoms with Gasteiger partial charge >= 0.3 is 0 Å². The Balaban J connectivity index is 1.59. The molecular weight excluding hydrogens is 312 g/mol. The van der Waals surface area contributed by atoms with Gasteiger partial charge in [-0.1, -0.05) is 42.5 Å². The molecule has 0 saturated heterocycles. The summed E-state index contributed by atoms with van der Waals surface area (Å²) in [5, 5.41) is 9.70. The van der Waals surface area contributed by atoms with E-state index < -0.39 is 0 Å². The van der Waals surface area contributed by atoms with Crippen molar-refractivity contribution >= 4 is 28.3 Å². The average molecular weight is 328 g/mol. The Morgan fingerprint density at radius 2 is 1.84 bits per heavy atom. The van der Waals surface area contributed by atoms with Crippen LogP contribution in [0.4, 0.5) is 5.95 Å². The van der Waals surface area contributed by atoms with Crippen LogP contribution < -0.4 is 5.32 Å². The van der Waals surface area contributed by atoms with Gasteiger partial charge < -0.3 is 0 Å². The smallest absolute Gasteiger partial charge is 0.249 e.